The minimum atomic E-state index is -0.303. The van der Waals surface area contributed by atoms with Crippen LogP contribution in [0.3, 0.4) is 0 Å². The van der Waals surface area contributed by atoms with Crippen molar-refractivity contribution in [3.05, 3.63) is 53.6 Å². The Morgan fingerprint density at radius 2 is 1.91 bits per heavy atom. The summed E-state index contributed by atoms with van der Waals surface area (Å²) < 4.78 is 11.3. The van der Waals surface area contributed by atoms with E-state index in [9.17, 15) is 9.59 Å². The molecule has 0 unspecified atom stereocenters. The Kier molecular flexibility index (Phi) is 7.80. The molecule has 1 heterocycles. The van der Waals surface area contributed by atoms with Crippen molar-refractivity contribution in [3.8, 4) is 5.75 Å². The molecule has 2 aromatic rings. The minimum Gasteiger partial charge on any atom is -0.492 e. The number of carbonyl (C=O) groups excluding carboxylic acids is 2. The van der Waals surface area contributed by atoms with Crippen molar-refractivity contribution in [2.75, 3.05) is 50.1 Å². The molecular formula is C25H32N4O4. The third kappa shape index (κ3) is 7.20. The zero-order valence-electron chi connectivity index (χ0n) is 19.1. The molecule has 8 nitrogen and oxygen atoms in total. The Bertz CT molecular complexity index is 971. The van der Waals surface area contributed by atoms with Gasteiger partial charge in [0.15, 0.2) is 0 Å². The highest BCUT2D eigenvalue weighted by Gasteiger charge is 2.29. The number of nitrogens with one attached hydrogen (secondary N) is 3. The number of hydrogen-bond acceptors (Lipinski definition) is 5. The average Bonchev–Trinajstić information content (AvgIpc) is 3.67. The summed E-state index contributed by atoms with van der Waals surface area (Å²) in [5, 5.41) is 8.67. The maximum Gasteiger partial charge on any atom is 0.319 e. The predicted molar refractivity (Wildman–Crippen MR) is 128 cm³/mol. The number of benzene rings is 2. The van der Waals surface area contributed by atoms with Gasteiger partial charge in [0.25, 0.3) is 0 Å². The smallest absolute Gasteiger partial charge is 0.319 e. The van der Waals surface area contributed by atoms with E-state index in [1.807, 2.05) is 43.3 Å². The van der Waals surface area contributed by atoms with E-state index in [1.165, 1.54) is 0 Å². The first-order valence-electron chi connectivity index (χ1n) is 11.5. The summed E-state index contributed by atoms with van der Waals surface area (Å²) in [5.74, 6) is 0.962. The third-order valence-corrected chi connectivity index (χ3v) is 5.83. The summed E-state index contributed by atoms with van der Waals surface area (Å²) in [7, 11) is 0. The van der Waals surface area contributed by atoms with Gasteiger partial charge in [-0.2, -0.15) is 0 Å². The monoisotopic (exact) mass is 452 g/mol. The van der Waals surface area contributed by atoms with Crippen LogP contribution in [0.15, 0.2) is 42.5 Å². The van der Waals surface area contributed by atoms with Crippen molar-refractivity contribution in [2.24, 2.45) is 5.92 Å². The highest BCUT2D eigenvalue weighted by molar-refractivity contribution is 5.96. The van der Waals surface area contributed by atoms with E-state index in [-0.39, 0.29) is 17.9 Å². The van der Waals surface area contributed by atoms with Crippen molar-refractivity contribution in [2.45, 2.75) is 26.3 Å². The minimum absolute atomic E-state index is 0.0429. The van der Waals surface area contributed by atoms with E-state index < -0.39 is 0 Å². The highest BCUT2D eigenvalue weighted by Crippen LogP contribution is 2.30. The fraction of sp³-hybridized carbons (Fsp3) is 0.440. The lowest BCUT2D eigenvalue weighted by atomic mass is 10.1. The summed E-state index contributed by atoms with van der Waals surface area (Å²) in [6.45, 7) is 7.22. The van der Waals surface area contributed by atoms with Crippen LogP contribution in [0.5, 0.6) is 5.75 Å². The number of rotatable bonds is 9. The average molecular weight is 453 g/mol. The van der Waals surface area contributed by atoms with Crippen LogP contribution in [0.1, 0.15) is 24.0 Å². The number of anilines is 2. The van der Waals surface area contributed by atoms with Gasteiger partial charge in [0.1, 0.15) is 12.4 Å². The first-order valence-corrected chi connectivity index (χ1v) is 11.5. The molecular weight excluding hydrogens is 420 g/mol. The first kappa shape index (κ1) is 23.1. The van der Waals surface area contributed by atoms with E-state index in [0.717, 1.165) is 62.6 Å². The van der Waals surface area contributed by atoms with Crippen LogP contribution in [0.25, 0.3) is 0 Å². The van der Waals surface area contributed by atoms with E-state index in [0.29, 0.717) is 24.5 Å². The van der Waals surface area contributed by atoms with Crippen LogP contribution in [0.4, 0.5) is 16.2 Å². The van der Waals surface area contributed by atoms with Crippen molar-refractivity contribution < 1.29 is 19.1 Å². The molecule has 0 radical (unpaired) electrons. The molecule has 2 aromatic carbocycles. The second-order valence-electron chi connectivity index (χ2n) is 8.55. The van der Waals surface area contributed by atoms with Crippen molar-refractivity contribution in [1.82, 2.24) is 10.2 Å². The molecule has 1 aliphatic heterocycles. The molecule has 3 N–H and O–H groups in total. The number of morpholine rings is 1. The molecule has 3 amide bonds. The lowest BCUT2D eigenvalue weighted by molar-refractivity contribution is -0.117. The molecule has 1 saturated carbocycles. The molecule has 2 aliphatic rings. The van der Waals surface area contributed by atoms with Gasteiger partial charge in [0.2, 0.25) is 5.91 Å². The molecule has 0 spiro atoms. The molecule has 8 heteroatoms. The van der Waals surface area contributed by atoms with Crippen molar-refractivity contribution in [3.63, 3.8) is 0 Å². The Hall–Kier alpha value is -3.10. The third-order valence-electron chi connectivity index (χ3n) is 5.83. The van der Waals surface area contributed by atoms with Gasteiger partial charge in [0.05, 0.1) is 13.2 Å². The molecule has 2 fully saturated rings. The number of amides is 3. The molecule has 33 heavy (non-hydrogen) atoms. The topological polar surface area (TPSA) is 91.9 Å². The Balaban J connectivity index is 1.24. The van der Waals surface area contributed by atoms with Gasteiger partial charge in [-0.3, -0.25) is 9.69 Å². The molecule has 0 aromatic heterocycles. The summed E-state index contributed by atoms with van der Waals surface area (Å²) in [4.78, 5) is 26.8. The largest absolute Gasteiger partial charge is 0.492 e. The maximum atomic E-state index is 12.5. The number of urea groups is 1. The summed E-state index contributed by atoms with van der Waals surface area (Å²) in [6, 6.07) is 13.0. The fourth-order valence-electron chi connectivity index (χ4n) is 3.64. The van der Waals surface area contributed by atoms with Gasteiger partial charge in [-0.15, -0.1) is 0 Å². The number of hydrogen-bond donors (Lipinski definition) is 3. The summed E-state index contributed by atoms with van der Waals surface area (Å²) in [6.07, 6.45) is 1.90. The molecule has 0 atom stereocenters. The van der Waals surface area contributed by atoms with Gasteiger partial charge < -0.3 is 25.4 Å². The van der Waals surface area contributed by atoms with Crippen LogP contribution < -0.4 is 20.7 Å². The van der Waals surface area contributed by atoms with Crippen LogP contribution in [-0.4, -0.2) is 56.3 Å². The standard InChI is InChI=1S/C25H32N4O4/c1-18-5-8-21(27-24(30)20-6-7-20)16-23(18)28-25(31)26-17-19-3-2-4-22(15-19)33-14-11-29-9-12-32-13-10-29/h2-5,8,15-16,20H,6-7,9-14,17H2,1H3,(H,27,30)(H2,26,28,31). The fourth-order valence-corrected chi connectivity index (χ4v) is 3.64. The normalized spacial score (nSPS) is 16.2. The van der Waals surface area contributed by atoms with E-state index >= 15 is 0 Å². The number of carbonyl (C=O) groups is 2. The Morgan fingerprint density at radius 3 is 2.70 bits per heavy atom. The lowest BCUT2D eigenvalue weighted by Crippen LogP contribution is -2.38. The van der Waals surface area contributed by atoms with Crippen molar-refractivity contribution in [1.29, 1.82) is 0 Å². The number of aryl methyl sites for hydroxylation is 1. The van der Waals surface area contributed by atoms with Crippen LogP contribution in [0, 0.1) is 12.8 Å². The number of ether oxygens (including phenoxy) is 2. The van der Waals surface area contributed by atoms with Crippen molar-refractivity contribution >= 4 is 23.3 Å². The Labute approximate surface area is 194 Å². The van der Waals surface area contributed by atoms with Gasteiger partial charge >= 0.3 is 6.03 Å². The Morgan fingerprint density at radius 1 is 1.09 bits per heavy atom. The second-order valence-corrected chi connectivity index (χ2v) is 8.55. The second kappa shape index (κ2) is 11.2. The van der Waals surface area contributed by atoms with E-state index in [2.05, 4.69) is 20.9 Å². The SMILES string of the molecule is Cc1ccc(NC(=O)C2CC2)cc1NC(=O)NCc1cccc(OCCN2CCOCC2)c1. The number of nitrogens with zero attached hydrogens (tertiary/aromatic N) is 1. The van der Waals surface area contributed by atoms with Crippen LogP contribution in [0.2, 0.25) is 0 Å². The molecule has 4 rings (SSSR count). The molecule has 1 saturated heterocycles. The van der Waals surface area contributed by atoms with Gasteiger partial charge in [-0.25, -0.2) is 4.79 Å². The molecule has 0 bridgehead atoms. The van der Waals surface area contributed by atoms with Gasteiger partial charge in [0, 0.05) is 43.5 Å². The maximum absolute atomic E-state index is 12.5. The zero-order chi connectivity index (χ0) is 23.0. The predicted octanol–water partition coefficient (Wildman–Crippen LogP) is 3.38. The summed E-state index contributed by atoms with van der Waals surface area (Å²) in [5.41, 5.74) is 3.23. The first-order chi connectivity index (χ1) is 16.1. The molecule has 1 aliphatic carbocycles. The zero-order valence-corrected chi connectivity index (χ0v) is 19.1. The summed E-state index contributed by atoms with van der Waals surface area (Å²) >= 11 is 0. The van der Waals surface area contributed by atoms with Gasteiger partial charge in [-0.05, 0) is 55.2 Å². The lowest BCUT2D eigenvalue weighted by Gasteiger charge is -2.26. The van der Waals surface area contributed by atoms with Gasteiger partial charge in [-0.1, -0.05) is 18.2 Å². The highest BCUT2D eigenvalue weighted by atomic mass is 16.5. The van der Waals surface area contributed by atoms with E-state index in [4.69, 9.17) is 9.47 Å². The van der Waals surface area contributed by atoms with E-state index in [1.54, 1.807) is 6.07 Å². The van der Waals surface area contributed by atoms with Crippen LogP contribution >= 0.6 is 0 Å². The molecule has 176 valence electrons. The quantitative estimate of drug-likeness (QED) is 0.543. The van der Waals surface area contributed by atoms with Crippen LogP contribution in [-0.2, 0) is 16.1 Å².